The molecule has 2 rings (SSSR count). The number of hydrogen-bond acceptors (Lipinski definition) is 4. The third-order valence-corrected chi connectivity index (χ3v) is 2.34. The molecule has 0 amide bonds. The molecule has 2 heterocycles. The number of alkyl halides is 3. The van der Waals surface area contributed by atoms with E-state index in [0.717, 1.165) is 12.3 Å². The van der Waals surface area contributed by atoms with Crippen molar-refractivity contribution in [1.29, 1.82) is 0 Å². The Hall–Kier alpha value is -1.70. The largest absolute Gasteiger partial charge is 0.433 e. The lowest BCUT2D eigenvalue weighted by atomic mass is 10.4. The Kier molecular flexibility index (Phi) is 3.46. The number of anilines is 2. The van der Waals surface area contributed by atoms with Crippen LogP contribution < -0.4 is 5.32 Å². The minimum atomic E-state index is -4.50. The van der Waals surface area contributed by atoms with Gasteiger partial charge in [0.1, 0.15) is 16.1 Å². The van der Waals surface area contributed by atoms with E-state index in [9.17, 15) is 13.2 Å². The van der Waals surface area contributed by atoms with Crippen LogP contribution in [0.3, 0.4) is 0 Å². The number of pyridine rings is 1. The predicted molar refractivity (Wildman–Crippen MR) is 62.3 cm³/mol. The molecule has 18 heavy (non-hydrogen) atoms. The zero-order valence-corrected chi connectivity index (χ0v) is 10.3. The summed E-state index contributed by atoms with van der Waals surface area (Å²) < 4.78 is 37.8. The highest BCUT2D eigenvalue weighted by Gasteiger charge is 2.32. The maximum atomic E-state index is 12.4. The highest BCUT2D eigenvalue weighted by atomic mass is 79.9. The first-order valence-corrected chi connectivity index (χ1v) is 5.54. The van der Waals surface area contributed by atoms with Gasteiger partial charge in [0.15, 0.2) is 0 Å². The van der Waals surface area contributed by atoms with Gasteiger partial charge >= 0.3 is 6.18 Å². The molecule has 4 nitrogen and oxygen atoms in total. The Balaban J connectivity index is 2.25. The fourth-order valence-electron chi connectivity index (χ4n) is 1.17. The van der Waals surface area contributed by atoms with Crippen LogP contribution in [0.15, 0.2) is 35.1 Å². The normalized spacial score (nSPS) is 11.3. The van der Waals surface area contributed by atoms with E-state index in [-0.39, 0.29) is 5.95 Å². The summed E-state index contributed by atoms with van der Waals surface area (Å²) in [6.45, 7) is 0. The minimum absolute atomic E-state index is 0.157. The highest BCUT2D eigenvalue weighted by Crippen LogP contribution is 2.27. The van der Waals surface area contributed by atoms with Gasteiger partial charge in [0.05, 0.1) is 0 Å². The number of halogens is 4. The van der Waals surface area contributed by atoms with Crippen LogP contribution in [0.4, 0.5) is 24.9 Å². The number of hydrogen-bond donors (Lipinski definition) is 1. The van der Waals surface area contributed by atoms with Crippen molar-refractivity contribution in [3.8, 4) is 0 Å². The molecule has 0 aromatic carbocycles. The second-order valence-corrected chi connectivity index (χ2v) is 4.05. The van der Waals surface area contributed by atoms with Gasteiger partial charge in [0.25, 0.3) is 0 Å². The lowest BCUT2D eigenvalue weighted by Crippen LogP contribution is -2.10. The molecule has 0 saturated heterocycles. The maximum absolute atomic E-state index is 12.4. The number of rotatable bonds is 2. The Morgan fingerprint density at radius 1 is 1.11 bits per heavy atom. The van der Waals surface area contributed by atoms with Crippen molar-refractivity contribution in [2.24, 2.45) is 0 Å². The smallest absolute Gasteiger partial charge is 0.309 e. The molecule has 0 radical (unpaired) electrons. The standard InChI is InChI=1S/C10H6BrF3N4/c11-7-2-1-3-8(17-7)18-9-15-5-4-6(16-9)10(12,13)14/h1-5H,(H,15,16,17,18). The van der Waals surface area contributed by atoms with E-state index in [1.54, 1.807) is 18.2 Å². The minimum Gasteiger partial charge on any atom is -0.309 e. The Morgan fingerprint density at radius 3 is 2.56 bits per heavy atom. The third-order valence-electron chi connectivity index (χ3n) is 1.90. The molecule has 0 unspecified atom stereocenters. The van der Waals surface area contributed by atoms with Gasteiger partial charge in [-0.25, -0.2) is 15.0 Å². The van der Waals surface area contributed by atoms with E-state index in [0.29, 0.717) is 10.4 Å². The van der Waals surface area contributed by atoms with Crippen molar-refractivity contribution in [2.75, 3.05) is 5.32 Å². The summed E-state index contributed by atoms with van der Waals surface area (Å²) in [7, 11) is 0. The Labute approximate surface area is 108 Å². The zero-order valence-electron chi connectivity index (χ0n) is 8.74. The lowest BCUT2D eigenvalue weighted by Gasteiger charge is -2.08. The zero-order chi connectivity index (χ0) is 13.2. The molecule has 0 bridgehead atoms. The van der Waals surface area contributed by atoms with Crippen LogP contribution in [0.1, 0.15) is 5.69 Å². The summed E-state index contributed by atoms with van der Waals surface area (Å²) in [6, 6.07) is 5.78. The van der Waals surface area contributed by atoms with Crippen molar-refractivity contribution >= 4 is 27.7 Å². The molecule has 0 aliphatic heterocycles. The van der Waals surface area contributed by atoms with Crippen molar-refractivity contribution in [3.63, 3.8) is 0 Å². The summed E-state index contributed by atoms with van der Waals surface area (Å²) in [5.74, 6) is 0.194. The van der Waals surface area contributed by atoms with Crippen LogP contribution >= 0.6 is 15.9 Å². The van der Waals surface area contributed by atoms with Crippen molar-refractivity contribution in [1.82, 2.24) is 15.0 Å². The molecule has 0 fully saturated rings. The second-order valence-electron chi connectivity index (χ2n) is 3.23. The molecule has 0 aliphatic carbocycles. The topological polar surface area (TPSA) is 50.7 Å². The van der Waals surface area contributed by atoms with Gasteiger partial charge in [-0.15, -0.1) is 0 Å². The number of nitrogens with one attached hydrogen (secondary N) is 1. The molecular formula is C10H6BrF3N4. The summed E-state index contributed by atoms with van der Waals surface area (Å²) in [4.78, 5) is 11.1. The molecule has 0 spiro atoms. The molecule has 1 N–H and O–H groups in total. The third kappa shape index (κ3) is 3.16. The van der Waals surface area contributed by atoms with Crippen LogP contribution in [0.25, 0.3) is 0 Å². The van der Waals surface area contributed by atoms with Crippen molar-refractivity contribution in [3.05, 3.63) is 40.8 Å². The van der Waals surface area contributed by atoms with E-state index in [4.69, 9.17) is 0 Å². The van der Waals surface area contributed by atoms with E-state index in [2.05, 4.69) is 36.2 Å². The van der Waals surface area contributed by atoms with Gasteiger partial charge in [-0.3, -0.25) is 0 Å². The van der Waals surface area contributed by atoms with E-state index < -0.39 is 11.9 Å². The van der Waals surface area contributed by atoms with Crippen LogP contribution in [0.5, 0.6) is 0 Å². The monoisotopic (exact) mass is 318 g/mol. The van der Waals surface area contributed by atoms with Crippen LogP contribution in [0.2, 0.25) is 0 Å². The van der Waals surface area contributed by atoms with Gasteiger partial charge in [0.2, 0.25) is 5.95 Å². The molecule has 0 saturated carbocycles. The summed E-state index contributed by atoms with van der Waals surface area (Å²) in [5.41, 5.74) is -1.00. The Bertz CT molecular complexity index is 559. The summed E-state index contributed by atoms with van der Waals surface area (Å²) in [6.07, 6.45) is -3.46. The summed E-state index contributed by atoms with van der Waals surface area (Å²) in [5, 5.41) is 2.59. The number of aromatic nitrogens is 3. The fourth-order valence-corrected chi connectivity index (χ4v) is 1.51. The van der Waals surface area contributed by atoms with Gasteiger partial charge < -0.3 is 5.32 Å². The number of nitrogens with zero attached hydrogens (tertiary/aromatic N) is 3. The molecule has 0 atom stereocenters. The average molecular weight is 319 g/mol. The first kappa shape index (κ1) is 12.7. The van der Waals surface area contributed by atoms with Crippen LogP contribution in [0, 0.1) is 0 Å². The molecular weight excluding hydrogens is 313 g/mol. The first-order chi connectivity index (χ1) is 8.45. The summed E-state index contributed by atoms with van der Waals surface area (Å²) >= 11 is 3.15. The SMILES string of the molecule is FC(F)(F)c1ccnc(Nc2cccc(Br)n2)n1. The van der Waals surface area contributed by atoms with E-state index >= 15 is 0 Å². The first-order valence-electron chi connectivity index (χ1n) is 4.75. The van der Waals surface area contributed by atoms with E-state index in [1.807, 2.05) is 0 Å². The molecule has 2 aromatic rings. The maximum Gasteiger partial charge on any atom is 0.433 e. The van der Waals surface area contributed by atoms with Crippen LogP contribution in [-0.4, -0.2) is 15.0 Å². The quantitative estimate of drug-likeness (QED) is 0.862. The predicted octanol–water partition coefficient (Wildman–Crippen LogP) is 3.40. The van der Waals surface area contributed by atoms with Gasteiger partial charge in [-0.1, -0.05) is 6.07 Å². The van der Waals surface area contributed by atoms with Gasteiger partial charge in [0, 0.05) is 6.20 Å². The second kappa shape index (κ2) is 4.89. The van der Waals surface area contributed by atoms with Crippen molar-refractivity contribution < 1.29 is 13.2 Å². The highest BCUT2D eigenvalue weighted by molar-refractivity contribution is 9.10. The van der Waals surface area contributed by atoms with Crippen LogP contribution in [-0.2, 0) is 6.18 Å². The molecule has 94 valence electrons. The molecule has 8 heteroatoms. The van der Waals surface area contributed by atoms with Gasteiger partial charge in [-0.2, -0.15) is 13.2 Å². The lowest BCUT2D eigenvalue weighted by molar-refractivity contribution is -0.141. The van der Waals surface area contributed by atoms with Crippen molar-refractivity contribution in [2.45, 2.75) is 6.18 Å². The molecule has 2 aromatic heterocycles. The van der Waals surface area contributed by atoms with Gasteiger partial charge in [-0.05, 0) is 34.1 Å². The van der Waals surface area contributed by atoms with E-state index in [1.165, 1.54) is 0 Å². The Morgan fingerprint density at radius 2 is 1.89 bits per heavy atom. The fraction of sp³-hybridized carbons (Fsp3) is 0.100. The molecule has 0 aliphatic rings. The average Bonchev–Trinajstić information content (AvgIpc) is 2.28.